The van der Waals surface area contributed by atoms with Crippen LogP contribution in [-0.2, 0) is 6.42 Å². The van der Waals surface area contributed by atoms with Gasteiger partial charge in [-0.25, -0.2) is 0 Å². The largest absolute Gasteiger partial charge is 0.382 e. The van der Waals surface area contributed by atoms with Crippen molar-refractivity contribution in [1.82, 2.24) is 4.90 Å². The summed E-state index contributed by atoms with van der Waals surface area (Å²) in [4.78, 5) is 2.66. The summed E-state index contributed by atoms with van der Waals surface area (Å²) >= 11 is 0. The number of hydrogen-bond donors (Lipinski definition) is 1. The van der Waals surface area contributed by atoms with E-state index in [1.165, 1.54) is 55.6 Å². The van der Waals surface area contributed by atoms with Crippen LogP contribution >= 0.6 is 0 Å². The number of benzene rings is 2. The first kappa shape index (κ1) is 17.0. The van der Waals surface area contributed by atoms with Gasteiger partial charge in [-0.1, -0.05) is 48.0 Å². The van der Waals surface area contributed by atoms with Gasteiger partial charge in [0, 0.05) is 30.9 Å². The highest BCUT2D eigenvalue weighted by atomic mass is 15.2. The summed E-state index contributed by atoms with van der Waals surface area (Å²) in [6.07, 6.45) is 4.91. The van der Waals surface area contributed by atoms with Crippen LogP contribution in [0.1, 0.15) is 37.3 Å². The number of likely N-dealkylation sites (tertiary alicyclic amines) is 1. The third-order valence-electron chi connectivity index (χ3n) is 5.27. The zero-order valence-corrected chi connectivity index (χ0v) is 15.0. The molecule has 1 aliphatic heterocycles. The van der Waals surface area contributed by atoms with Crippen molar-refractivity contribution >= 4 is 5.69 Å². The molecule has 2 aromatic carbocycles. The lowest BCUT2D eigenvalue weighted by Crippen LogP contribution is -2.43. The molecule has 0 saturated carbocycles. The average molecular weight is 322 g/mol. The fourth-order valence-corrected chi connectivity index (χ4v) is 3.57. The third kappa shape index (κ3) is 4.85. The Morgan fingerprint density at radius 2 is 1.67 bits per heavy atom. The number of nitrogens with zero attached hydrogens (tertiary/aromatic N) is 1. The van der Waals surface area contributed by atoms with Crippen molar-refractivity contribution in [3.8, 4) is 0 Å². The molecule has 128 valence electrons. The molecule has 0 aromatic heterocycles. The first-order valence-corrected chi connectivity index (χ1v) is 9.32. The molecular weight excluding hydrogens is 292 g/mol. The Kier molecular flexibility index (Phi) is 5.92. The Bertz CT molecular complexity index is 598. The van der Waals surface area contributed by atoms with E-state index in [1.807, 2.05) is 0 Å². The summed E-state index contributed by atoms with van der Waals surface area (Å²) in [6.45, 7) is 6.94. The van der Waals surface area contributed by atoms with Gasteiger partial charge in [-0.15, -0.1) is 0 Å². The van der Waals surface area contributed by atoms with Crippen molar-refractivity contribution in [3.63, 3.8) is 0 Å². The lowest BCUT2D eigenvalue weighted by atomic mass is 10.00. The van der Waals surface area contributed by atoms with Crippen molar-refractivity contribution in [3.05, 3.63) is 65.7 Å². The van der Waals surface area contributed by atoms with E-state index >= 15 is 0 Å². The van der Waals surface area contributed by atoms with Gasteiger partial charge in [0.25, 0.3) is 0 Å². The fraction of sp³-hybridized carbons (Fsp3) is 0.455. The van der Waals surface area contributed by atoms with Gasteiger partial charge in [-0.3, -0.25) is 0 Å². The molecule has 2 nitrogen and oxygen atoms in total. The highest BCUT2D eigenvalue weighted by Crippen LogP contribution is 2.20. The van der Waals surface area contributed by atoms with E-state index in [1.54, 1.807) is 0 Å². The van der Waals surface area contributed by atoms with Crippen LogP contribution in [0.5, 0.6) is 0 Å². The van der Waals surface area contributed by atoms with Gasteiger partial charge in [0.15, 0.2) is 0 Å². The molecular formula is C22H30N2. The Morgan fingerprint density at radius 3 is 2.33 bits per heavy atom. The van der Waals surface area contributed by atoms with E-state index in [0.717, 1.165) is 0 Å². The molecule has 2 aromatic rings. The molecule has 24 heavy (non-hydrogen) atoms. The minimum absolute atomic E-state index is 0.616. The second kappa shape index (κ2) is 8.34. The minimum Gasteiger partial charge on any atom is -0.382 e. The quantitative estimate of drug-likeness (QED) is 0.814. The van der Waals surface area contributed by atoms with Crippen LogP contribution in [-0.4, -0.2) is 30.1 Å². The van der Waals surface area contributed by atoms with E-state index < -0.39 is 0 Å². The molecule has 2 heteroatoms. The van der Waals surface area contributed by atoms with E-state index in [0.29, 0.717) is 12.1 Å². The topological polar surface area (TPSA) is 15.3 Å². The maximum atomic E-state index is 3.70. The number of nitrogens with one attached hydrogen (secondary N) is 1. The lowest BCUT2D eigenvalue weighted by molar-refractivity contribution is 0.160. The molecule has 1 heterocycles. The number of piperidine rings is 1. The third-order valence-corrected chi connectivity index (χ3v) is 5.27. The van der Waals surface area contributed by atoms with Crippen LogP contribution < -0.4 is 5.32 Å². The smallest absolute Gasteiger partial charge is 0.0342 e. The Balaban J connectivity index is 1.41. The van der Waals surface area contributed by atoms with Crippen LogP contribution in [0.2, 0.25) is 0 Å². The van der Waals surface area contributed by atoms with Gasteiger partial charge in [0.1, 0.15) is 0 Å². The van der Waals surface area contributed by atoms with E-state index in [4.69, 9.17) is 0 Å². The molecule has 1 fully saturated rings. The second-order valence-electron chi connectivity index (χ2n) is 7.19. The zero-order valence-electron chi connectivity index (χ0n) is 15.0. The second-order valence-corrected chi connectivity index (χ2v) is 7.19. The molecule has 1 atom stereocenters. The molecule has 1 unspecified atom stereocenters. The summed E-state index contributed by atoms with van der Waals surface area (Å²) in [7, 11) is 0. The first-order valence-electron chi connectivity index (χ1n) is 9.32. The molecule has 1 aliphatic rings. The van der Waals surface area contributed by atoms with Gasteiger partial charge >= 0.3 is 0 Å². The van der Waals surface area contributed by atoms with Crippen molar-refractivity contribution in [2.75, 3.05) is 18.4 Å². The average Bonchev–Trinajstić information content (AvgIpc) is 2.63. The molecule has 0 amide bonds. The van der Waals surface area contributed by atoms with E-state index in [-0.39, 0.29) is 0 Å². The van der Waals surface area contributed by atoms with Crippen LogP contribution in [0.25, 0.3) is 0 Å². The van der Waals surface area contributed by atoms with Gasteiger partial charge in [0.2, 0.25) is 0 Å². The number of hydrogen-bond acceptors (Lipinski definition) is 2. The van der Waals surface area contributed by atoms with Gasteiger partial charge in [-0.05, 0) is 57.2 Å². The van der Waals surface area contributed by atoms with Crippen molar-refractivity contribution < 1.29 is 0 Å². The van der Waals surface area contributed by atoms with E-state index in [2.05, 4.69) is 78.7 Å². The summed E-state index contributed by atoms with van der Waals surface area (Å²) in [5, 5.41) is 3.70. The number of anilines is 1. The van der Waals surface area contributed by atoms with Crippen molar-refractivity contribution in [2.24, 2.45) is 0 Å². The van der Waals surface area contributed by atoms with Gasteiger partial charge < -0.3 is 10.2 Å². The Labute approximate surface area is 146 Å². The Hall–Kier alpha value is -1.80. The van der Waals surface area contributed by atoms with Crippen molar-refractivity contribution in [1.29, 1.82) is 0 Å². The maximum absolute atomic E-state index is 3.70. The monoisotopic (exact) mass is 322 g/mol. The first-order chi connectivity index (χ1) is 11.7. The lowest BCUT2D eigenvalue weighted by Gasteiger charge is -2.36. The standard InChI is InChI=1S/C22H30N2/c1-18-8-12-21(13-9-18)23-22-14-16-24(17-15-22)19(2)10-11-20-6-4-3-5-7-20/h3-9,12-13,19,22-23H,10-11,14-17H2,1-2H3. The SMILES string of the molecule is Cc1ccc(NC2CCN(C(C)CCc3ccccc3)CC2)cc1. The van der Waals surface area contributed by atoms with Crippen LogP contribution in [0.3, 0.4) is 0 Å². The predicted octanol–water partition coefficient (Wildman–Crippen LogP) is 4.89. The maximum Gasteiger partial charge on any atom is 0.0342 e. The fourth-order valence-electron chi connectivity index (χ4n) is 3.57. The number of aryl methyl sites for hydroxylation is 2. The van der Waals surface area contributed by atoms with Crippen LogP contribution in [0.15, 0.2) is 54.6 Å². The van der Waals surface area contributed by atoms with E-state index in [9.17, 15) is 0 Å². The number of rotatable bonds is 6. The van der Waals surface area contributed by atoms with Crippen LogP contribution in [0, 0.1) is 6.92 Å². The molecule has 0 bridgehead atoms. The summed E-state index contributed by atoms with van der Waals surface area (Å²) in [5.41, 5.74) is 4.04. The Morgan fingerprint density at radius 1 is 1.00 bits per heavy atom. The molecule has 1 saturated heterocycles. The highest BCUT2D eigenvalue weighted by Gasteiger charge is 2.22. The molecule has 0 radical (unpaired) electrons. The highest BCUT2D eigenvalue weighted by molar-refractivity contribution is 5.45. The molecule has 0 aliphatic carbocycles. The molecule has 3 rings (SSSR count). The molecule has 1 N–H and O–H groups in total. The summed E-state index contributed by atoms with van der Waals surface area (Å²) < 4.78 is 0. The summed E-state index contributed by atoms with van der Waals surface area (Å²) in [5.74, 6) is 0. The van der Waals surface area contributed by atoms with Gasteiger partial charge in [0.05, 0.1) is 0 Å². The van der Waals surface area contributed by atoms with Crippen LogP contribution in [0.4, 0.5) is 5.69 Å². The zero-order chi connectivity index (χ0) is 16.8. The molecule has 0 spiro atoms. The van der Waals surface area contributed by atoms with Gasteiger partial charge in [-0.2, -0.15) is 0 Å². The summed E-state index contributed by atoms with van der Waals surface area (Å²) in [6, 6.07) is 20.9. The minimum atomic E-state index is 0.616. The normalized spacial score (nSPS) is 17.6. The van der Waals surface area contributed by atoms with Crippen molar-refractivity contribution in [2.45, 2.75) is 51.6 Å². The predicted molar refractivity (Wildman–Crippen MR) is 104 cm³/mol.